The summed E-state index contributed by atoms with van der Waals surface area (Å²) in [4.78, 5) is 10.7. The normalized spacial score (nSPS) is 13.6. The summed E-state index contributed by atoms with van der Waals surface area (Å²) in [6.07, 6.45) is -0.150. The van der Waals surface area contributed by atoms with E-state index >= 15 is 0 Å². The van der Waals surface area contributed by atoms with E-state index in [0.29, 0.717) is 6.41 Å². The van der Waals surface area contributed by atoms with Gasteiger partial charge in [-0.3, -0.25) is 4.79 Å². The number of hydrogen-bond acceptors (Lipinski definition) is 2. The zero-order valence-electron chi connectivity index (χ0n) is 9.86. The Balaban J connectivity index is 2.28. The minimum atomic E-state index is -0.765. The highest BCUT2D eigenvalue weighted by Gasteiger charge is 2.21. The highest BCUT2D eigenvalue weighted by Crippen LogP contribution is 2.27. The second-order valence-corrected chi connectivity index (χ2v) is 4.03. The smallest absolute Gasteiger partial charge is 0.207 e. The highest BCUT2D eigenvalue weighted by molar-refractivity contribution is 5.48. The monoisotopic (exact) mass is 241 g/mol. The van der Waals surface area contributed by atoms with Crippen molar-refractivity contribution in [2.75, 3.05) is 0 Å². The van der Waals surface area contributed by atoms with E-state index in [0.717, 1.165) is 11.1 Å². The number of hydrogen-bond donors (Lipinski definition) is 2. The lowest BCUT2D eigenvalue weighted by molar-refractivity contribution is -0.111. The molecule has 18 heavy (non-hydrogen) atoms. The van der Waals surface area contributed by atoms with Gasteiger partial charge >= 0.3 is 0 Å². The molecule has 2 atom stereocenters. The van der Waals surface area contributed by atoms with Gasteiger partial charge in [0, 0.05) is 0 Å². The first kappa shape index (κ1) is 12.3. The van der Waals surface area contributed by atoms with Crippen LogP contribution < -0.4 is 5.32 Å². The minimum absolute atomic E-state index is 0.439. The summed E-state index contributed by atoms with van der Waals surface area (Å²) < 4.78 is 0. The fourth-order valence-corrected chi connectivity index (χ4v) is 1.95. The van der Waals surface area contributed by atoms with Crippen LogP contribution in [0.3, 0.4) is 0 Å². The number of nitrogens with one attached hydrogen (secondary N) is 1. The van der Waals surface area contributed by atoms with Crippen LogP contribution in [0.5, 0.6) is 0 Å². The van der Waals surface area contributed by atoms with Gasteiger partial charge in [0.05, 0.1) is 6.04 Å². The molecule has 2 aromatic rings. The van der Waals surface area contributed by atoms with Gasteiger partial charge in [-0.1, -0.05) is 60.7 Å². The SMILES string of the molecule is O=CNC(c1ccccc1)C(O)c1ccccc1. The molecule has 2 N–H and O–H groups in total. The number of benzene rings is 2. The van der Waals surface area contributed by atoms with Crippen molar-refractivity contribution in [2.45, 2.75) is 12.1 Å². The molecule has 0 saturated heterocycles. The van der Waals surface area contributed by atoms with E-state index in [4.69, 9.17) is 0 Å². The number of aliphatic hydroxyl groups is 1. The van der Waals surface area contributed by atoms with Crippen LogP contribution in [-0.4, -0.2) is 11.5 Å². The third-order valence-electron chi connectivity index (χ3n) is 2.86. The van der Waals surface area contributed by atoms with Gasteiger partial charge < -0.3 is 10.4 Å². The number of carbonyl (C=O) groups excluding carboxylic acids is 1. The molecule has 0 saturated carbocycles. The molecular weight excluding hydrogens is 226 g/mol. The standard InChI is InChI=1S/C15H15NO2/c17-11-16-14(12-7-3-1-4-8-12)15(18)13-9-5-2-6-10-13/h1-11,14-15,18H,(H,16,17). The Kier molecular flexibility index (Phi) is 4.10. The highest BCUT2D eigenvalue weighted by atomic mass is 16.3. The van der Waals surface area contributed by atoms with Gasteiger partial charge in [0.1, 0.15) is 6.10 Å². The predicted molar refractivity (Wildman–Crippen MR) is 69.8 cm³/mol. The number of amides is 1. The Bertz CT molecular complexity index is 484. The zero-order valence-corrected chi connectivity index (χ0v) is 9.86. The molecule has 3 nitrogen and oxygen atoms in total. The summed E-state index contributed by atoms with van der Waals surface area (Å²) in [5.41, 5.74) is 1.65. The molecule has 0 radical (unpaired) electrons. The average Bonchev–Trinajstić information content (AvgIpc) is 2.46. The van der Waals surface area contributed by atoms with Crippen molar-refractivity contribution in [3.8, 4) is 0 Å². The van der Waals surface area contributed by atoms with Gasteiger partial charge in [-0.15, -0.1) is 0 Å². The maximum absolute atomic E-state index is 10.7. The van der Waals surface area contributed by atoms with Crippen molar-refractivity contribution in [1.29, 1.82) is 0 Å². The van der Waals surface area contributed by atoms with Crippen molar-refractivity contribution in [3.05, 3.63) is 71.8 Å². The lowest BCUT2D eigenvalue weighted by atomic mass is 9.96. The molecule has 0 heterocycles. The third kappa shape index (κ3) is 2.76. The second-order valence-electron chi connectivity index (χ2n) is 4.03. The van der Waals surface area contributed by atoms with E-state index in [1.165, 1.54) is 0 Å². The van der Waals surface area contributed by atoms with Crippen LogP contribution in [0.25, 0.3) is 0 Å². The number of rotatable bonds is 5. The average molecular weight is 241 g/mol. The zero-order chi connectivity index (χ0) is 12.8. The van der Waals surface area contributed by atoms with Gasteiger partial charge in [0.2, 0.25) is 6.41 Å². The molecule has 0 aliphatic rings. The molecule has 0 bridgehead atoms. The maximum atomic E-state index is 10.7. The fraction of sp³-hybridized carbons (Fsp3) is 0.133. The summed E-state index contributed by atoms with van der Waals surface area (Å²) in [6.45, 7) is 0. The van der Waals surface area contributed by atoms with Crippen molar-refractivity contribution >= 4 is 6.41 Å². The van der Waals surface area contributed by atoms with Crippen LogP contribution in [-0.2, 0) is 4.79 Å². The minimum Gasteiger partial charge on any atom is -0.386 e. The second kappa shape index (κ2) is 5.98. The van der Waals surface area contributed by atoms with Crippen LogP contribution in [0.2, 0.25) is 0 Å². The van der Waals surface area contributed by atoms with Crippen LogP contribution in [0, 0.1) is 0 Å². The van der Waals surface area contributed by atoms with Crippen LogP contribution >= 0.6 is 0 Å². The van der Waals surface area contributed by atoms with E-state index in [2.05, 4.69) is 5.32 Å². The molecule has 0 spiro atoms. The fourth-order valence-electron chi connectivity index (χ4n) is 1.95. The van der Waals surface area contributed by atoms with Gasteiger partial charge in [0.25, 0.3) is 0 Å². The molecule has 0 fully saturated rings. The topological polar surface area (TPSA) is 49.3 Å². The lowest BCUT2D eigenvalue weighted by Gasteiger charge is -2.23. The molecule has 3 heteroatoms. The molecule has 2 aromatic carbocycles. The Morgan fingerprint density at radius 2 is 1.39 bits per heavy atom. The van der Waals surface area contributed by atoms with Crippen molar-refractivity contribution in [1.82, 2.24) is 5.32 Å². The van der Waals surface area contributed by atoms with Gasteiger partial charge in [-0.05, 0) is 11.1 Å². The van der Waals surface area contributed by atoms with E-state index in [1.54, 1.807) is 0 Å². The first-order valence-corrected chi connectivity index (χ1v) is 5.80. The quantitative estimate of drug-likeness (QED) is 0.788. The molecule has 0 aliphatic carbocycles. The molecule has 92 valence electrons. The van der Waals surface area contributed by atoms with Crippen molar-refractivity contribution in [3.63, 3.8) is 0 Å². The van der Waals surface area contributed by atoms with Gasteiger partial charge in [0.15, 0.2) is 0 Å². The van der Waals surface area contributed by atoms with Crippen molar-refractivity contribution in [2.24, 2.45) is 0 Å². The van der Waals surface area contributed by atoms with E-state index in [-0.39, 0.29) is 0 Å². The lowest BCUT2D eigenvalue weighted by Crippen LogP contribution is -2.25. The Morgan fingerprint density at radius 1 is 0.889 bits per heavy atom. The van der Waals surface area contributed by atoms with E-state index in [1.807, 2.05) is 60.7 Å². The molecule has 2 rings (SSSR count). The number of aliphatic hydroxyl groups excluding tert-OH is 1. The Labute approximate surface area is 106 Å². The molecule has 0 aromatic heterocycles. The molecule has 2 unspecified atom stereocenters. The molecule has 0 aliphatic heterocycles. The van der Waals surface area contributed by atoms with Crippen LogP contribution in [0.4, 0.5) is 0 Å². The Morgan fingerprint density at radius 3 is 1.89 bits per heavy atom. The summed E-state index contributed by atoms with van der Waals surface area (Å²) in [5.74, 6) is 0. The van der Waals surface area contributed by atoms with Crippen LogP contribution in [0.1, 0.15) is 23.3 Å². The summed E-state index contributed by atoms with van der Waals surface area (Å²) >= 11 is 0. The van der Waals surface area contributed by atoms with Gasteiger partial charge in [-0.2, -0.15) is 0 Å². The maximum Gasteiger partial charge on any atom is 0.207 e. The predicted octanol–water partition coefficient (Wildman–Crippen LogP) is 2.21. The summed E-state index contributed by atoms with van der Waals surface area (Å²) in [7, 11) is 0. The first-order valence-electron chi connectivity index (χ1n) is 5.80. The molecule has 1 amide bonds. The van der Waals surface area contributed by atoms with Crippen LogP contribution in [0.15, 0.2) is 60.7 Å². The van der Waals surface area contributed by atoms with E-state index < -0.39 is 12.1 Å². The largest absolute Gasteiger partial charge is 0.386 e. The number of carbonyl (C=O) groups is 1. The van der Waals surface area contributed by atoms with E-state index in [9.17, 15) is 9.90 Å². The summed E-state index contributed by atoms with van der Waals surface area (Å²) in [6, 6.07) is 18.3. The van der Waals surface area contributed by atoms with Crippen molar-refractivity contribution < 1.29 is 9.90 Å². The summed E-state index contributed by atoms with van der Waals surface area (Å²) in [5, 5.41) is 13.0. The van der Waals surface area contributed by atoms with Gasteiger partial charge in [-0.25, -0.2) is 0 Å². The third-order valence-corrected chi connectivity index (χ3v) is 2.86. The first-order chi connectivity index (χ1) is 8.83. The Hall–Kier alpha value is -2.13. The molecular formula is C15H15NO2.